The summed E-state index contributed by atoms with van der Waals surface area (Å²) in [7, 11) is 0. The van der Waals surface area contributed by atoms with Gasteiger partial charge in [-0.05, 0) is 31.9 Å². The fraction of sp³-hybridized carbons (Fsp3) is 0.714. The van der Waals surface area contributed by atoms with Gasteiger partial charge in [0, 0.05) is 12.1 Å². The van der Waals surface area contributed by atoms with Crippen LogP contribution in [0.25, 0.3) is 0 Å². The second kappa shape index (κ2) is 7.51. The Kier molecular flexibility index (Phi) is 6.30. The van der Waals surface area contributed by atoms with Crippen LogP contribution in [0.2, 0.25) is 0 Å². The van der Waals surface area contributed by atoms with Crippen molar-refractivity contribution in [3.8, 4) is 0 Å². The van der Waals surface area contributed by atoms with Crippen LogP contribution in [0.4, 0.5) is 0 Å². The summed E-state index contributed by atoms with van der Waals surface area (Å²) in [5, 5.41) is 3.39. The first-order chi connectivity index (χ1) is 8.11. The largest absolute Gasteiger partial charge is 0.467 e. The van der Waals surface area contributed by atoms with Crippen molar-refractivity contribution in [2.45, 2.75) is 53.4 Å². The lowest BCUT2D eigenvalue weighted by atomic mass is 10.2. The Balaban J connectivity index is 2.27. The average Bonchev–Trinajstić information content (AvgIpc) is 2.73. The Hall–Kier alpha value is -0.800. The highest BCUT2D eigenvalue weighted by atomic mass is 16.5. The molecular formula is C14H25NO2. The molecule has 0 saturated heterocycles. The molecule has 0 bridgehead atoms. The standard InChI is InChI=1S/C14H25NO2/c1-5-12(4)16-10-14-6-13(9-17-14)8-15-7-11(2)3/h6,9,11-12,15H,5,7-8,10H2,1-4H3. The Morgan fingerprint density at radius 1 is 1.35 bits per heavy atom. The molecule has 98 valence electrons. The SMILES string of the molecule is CCC(C)OCc1cc(CNCC(C)C)co1. The average molecular weight is 239 g/mol. The van der Waals surface area contributed by atoms with Gasteiger partial charge in [0.15, 0.2) is 0 Å². The van der Waals surface area contributed by atoms with Gasteiger partial charge in [-0.15, -0.1) is 0 Å². The lowest BCUT2D eigenvalue weighted by Crippen LogP contribution is -2.18. The Labute approximate surface area is 105 Å². The van der Waals surface area contributed by atoms with Gasteiger partial charge in [-0.1, -0.05) is 20.8 Å². The van der Waals surface area contributed by atoms with E-state index in [9.17, 15) is 0 Å². The molecule has 3 nitrogen and oxygen atoms in total. The van der Waals surface area contributed by atoms with E-state index in [0.717, 1.165) is 25.3 Å². The van der Waals surface area contributed by atoms with Gasteiger partial charge in [-0.3, -0.25) is 0 Å². The maximum atomic E-state index is 5.62. The van der Waals surface area contributed by atoms with Crippen LogP contribution in [0.3, 0.4) is 0 Å². The molecule has 1 heterocycles. The Morgan fingerprint density at radius 2 is 2.12 bits per heavy atom. The zero-order valence-corrected chi connectivity index (χ0v) is 11.5. The minimum atomic E-state index is 0.294. The monoisotopic (exact) mass is 239 g/mol. The van der Waals surface area contributed by atoms with Crippen molar-refractivity contribution < 1.29 is 9.15 Å². The predicted octanol–water partition coefficient (Wildman–Crippen LogP) is 3.34. The third-order valence-electron chi connectivity index (χ3n) is 2.67. The van der Waals surface area contributed by atoms with Crippen LogP contribution in [0.5, 0.6) is 0 Å². The molecule has 1 atom stereocenters. The van der Waals surface area contributed by atoms with Gasteiger partial charge in [-0.2, -0.15) is 0 Å². The Morgan fingerprint density at radius 3 is 2.76 bits per heavy atom. The number of nitrogens with one attached hydrogen (secondary N) is 1. The van der Waals surface area contributed by atoms with E-state index in [-0.39, 0.29) is 0 Å². The van der Waals surface area contributed by atoms with Gasteiger partial charge in [-0.25, -0.2) is 0 Å². The first-order valence-electron chi connectivity index (χ1n) is 6.50. The van der Waals surface area contributed by atoms with Crippen LogP contribution in [0, 0.1) is 5.92 Å². The molecule has 0 aromatic carbocycles. The van der Waals surface area contributed by atoms with Gasteiger partial charge in [0.2, 0.25) is 0 Å². The van der Waals surface area contributed by atoms with Crippen molar-refractivity contribution in [2.24, 2.45) is 5.92 Å². The van der Waals surface area contributed by atoms with Crippen molar-refractivity contribution in [1.29, 1.82) is 0 Å². The van der Waals surface area contributed by atoms with E-state index in [1.54, 1.807) is 0 Å². The molecule has 0 amide bonds. The lowest BCUT2D eigenvalue weighted by molar-refractivity contribution is 0.0406. The van der Waals surface area contributed by atoms with E-state index in [1.165, 1.54) is 5.56 Å². The second-order valence-electron chi connectivity index (χ2n) is 4.98. The first kappa shape index (κ1) is 14.3. The van der Waals surface area contributed by atoms with E-state index in [0.29, 0.717) is 18.6 Å². The highest BCUT2D eigenvalue weighted by molar-refractivity contribution is 5.12. The molecule has 0 radical (unpaired) electrons. The van der Waals surface area contributed by atoms with E-state index >= 15 is 0 Å². The smallest absolute Gasteiger partial charge is 0.129 e. The lowest BCUT2D eigenvalue weighted by Gasteiger charge is -2.08. The van der Waals surface area contributed by atoms with E-state index in [1.807, 2.05) is 6.26 Å². The third-order valence-corrected chi connectivity index (χ3v) is 2.67. The Bertz CT molecular complexity index is 307. The molecule has 0 saturated carbocycles. The summed E-state index contributed by atoms with van der Waals surface area (Å²) in [4.78, 5) is 0. The maximum Gasteiger partial charge on any atom is 0.129 e. The van der Waals surface area contributed by atoms with Crippen LogP contribution in [0.15, 0.2) is 16.7 Å². The van der Waals surface area contributed by atoms with Crippen molar-refractivity contribution in [3.63, 3.8) is 0 Å². The van der Waals surface area contributed by atoms with Crippen molar-refractivity contribution in [1.82, 2.24) is 5.32 Å². The zero-order valence-electron chi connectivity index (χ0n) is 11.5. The fourth-order valence-corrected chi connectivity index (χ4v) is 1.44. The summed E-state index contributed by atoms with van der Waals surface area (Å²) < 4.78 is 11.1. The first-order valence-corrected chi connectivity index (χ1v) is 6.50. The number of rotatable bonds is 8. The molecule has 1 N–H and O–H groups in total. The minimum Gasteiger partial charge on any atom is -0.467 e. The molecule has 3 heteroatoms. The van der Waals surface area contributed by atoms with Crippen LogP contribution >= 0.6 is 0 Å². The van der Waals surface area contributed by atoms with Crippen molar-refractivity contribution >= 4 is 0 Å². The number of hydrogen-bond acceptors (Lipinski definition) is 3. The quantitative estimate of drug-likeness (QED) is 0.755. The molecule has 0 aliphatic carbocycles. The van der Waals surface area contributed by atoms with Crippen molar-refractivity contribution in [3.05, 3.63) is 23.7 Å². The summed E-state index contributed by atoms with van der Waals surface area (Å²) in [6.45, 7) is 11.1. The highest BCUT2D eigenvalue weighted by Gasteiger charge is 2.04. The maximum absolute atomic E-state index is 5.62. The molecule has 1 aromatic rings. The number of hydrogen-bond donors (Lipinski definition) is 1. The van der Waals surface area contributed by atoms with Crippen LogP contribution in [-0.2, 0) is 17.9 Å². The summed E-state index contributed by atoms with van der Waals surface area (Å²) >= 11 is 0. The van der Waals surface area contributed by atoms with Gasteiger partial charge >= 0.3 is 0 Å². The zero-order chi connectivity index (χ0) is 12.7. The molecule has 0 aliphatic heterocycles. The topological polar surface area (TPSA) is 34.4 Å². The molecule has 1 rings (SSSR count). The molecule has 1 aromatic heterocycles. The van der Waals surface area contributed by atoms with Crippen molar-refractivity contribution in [2.75, 3.05) is 6.54 Å². The second-order valence-corrected chi connectivity index (χ2v) is 4.98. The summed E-state index contributed by atoms with van der Waals surface area (Å²) in [5.41, 5.74) is 1.19. The van der Waals surface area contributed by atoms with Crippen LogP contribution < -0.4 is 5.32 Å². The predicted molar refractivity (Wildman–Crippen MR) is 69.8 cm³/mol. The van der Waals surface area contributed by atoms with Gasteiger partial charge < -0.3 is 14.5 Å². The highest BCUT2D eigenvalue weighted by Crippen LogP contribution is 2.10. The summed E-state index contributed by atoms with van der Waals surface area (Å²) in [6, 6.07) is 2.07. The van der Waals surface area contributed by atoms with E-state index < -0.39 is 0 Å². The molecule has 17 heavy (non-hydrogen) atoms. The minimum absolute atomic E-state index is 0.294. The van der Waals surface area contributed by atoms with Gasteiger partial charge in [0.25, 0.3) is 0 Å². The van der Waals surface area contributed by atoms with Crippen LogP contribution in [-0.4, -0.2) is 12.6 Å². The third kappa shape index (κ3) is 5.89. The van der Waals surface area contributed by atoms with E-state index in [4.69, 9.17) is 9.15 Å². The van der Waals surface area contributed by atoms with E-state index in [2.05, 4.69) is 39.1 Å². The van der Waals surface area contributed by atoms with Crippen LogP contribution in [0.1, 0.15) is 45.4 Å². The molecular weight excluding hydrogens is 214 g/mol. The molecule has 1 unspecified atom stereocenters. The van der Waals surface area contributed by atoms with Gasteiger partial charge in [0.1, 0.15) is 12.4 Å². The fourth-order valence-electron chi connectivity index (χ4n) is 1.44. The number of ether oxygens (including phenoxy) is 1. The summed E-state index contributed by atoms with van der Waals surface area (Å²) in [6.07, 6.45) is 3.13. The molecule has 0 spiro atoms. The molecule has 0 aliphatic rings. The summed E-state index contributed by atoms with van der Waals surface area (Å²) in [5.74, 6) is 1.58. The normalized spacial score (nSPS) is 13.2. The number of furan rings is 1. The van der Waals surface area contributed by atoms with Gasteiger partial charge in [0.05, 0.1) is 12.4 Å². The molecule has 0 fully saturated rings.